The summed E-state index contributed by atoms with van der Waals surface area (Å²) in [4.78, 5) is 10.5. The van der Waals surface area contributed by atoms with Gasteiger partial charge in [-0.3, -0.25) is 10.1 Å². The second-order valence-electron chi connectivity index (χ2n) is 5.01. The minimum Gasteiger partial charge on any atom is -0.394 e. The molecule has 0 saturated heterocycles. The summed E-state index contributed by atoms with van der Waals surface area (Å²) in [5.41, 5.74) is 0.696. The minimum atomic E-state index is -0.398. The zero-order valence-electron chi connectivity index (χ0n) is 10.6. The summed E-state index contributed by atoms with van der Waals surface area (Å²) in [7, 11) is 0. The first-order valence-corrected chi connectivity index (χ1v) is 7.15. The van der Waals surface area contributed by atoms with Gasteiger partial charge in [-0.05, 0) is 34.3 Å². The average Bonchev–Trinajstić information content (AvgIpc) is 2.87. The van der Waals surface area contributed by atoms with Gasteiger partial charge in [-0.15, -0.1) is 0 Å². The Balaban J connectivity index is 2.11. The summed E-state index contributed by atoms with van der Waals surface area (Å²) in [5, 5.41) is 23.8. The maximum Gasteiger partial charge on any atom is 0.283 e. The van der Waals surface area contributed by atoms with Crippen molar-refractivity contribution in [3.05, 3.63) is 38.3 Å². The third-order valence-electron chi connectivity index (χ3n) is 3.77. The van der Waals surface area contributed by atoms with Gasteiger partial charge in [-0.2, -0.15) is 0 Å². The summed E-state index contributed by atoms with van der Waals surface area (Å²) < 4.78 is 0.513. The maximum absolute atomic E-state index is 10.9. The lowest BCUT2D eigenvalue weighted by atomic mass is 9.98. The van der Waals surface area contributed by atoms with Crippen molar-refractivity contribution in [3.8, 4) is 0 Å². The van der Waals surface area contributed by atoms with Gasteiger partial charge < -0.3 is 10.4 Å². The molecule has 0 amide bonds. The van der Waals surface area contributed by atoms with Gasteiger partial charge in [0, 0.05) is 18.2 Å². The Labute approximate surface area is 120 Å². The van der Waals surface area contributed by atoms with Crippen molar-refractivity contribution in [1.29, 1.82) is 0 Å². The first-order chi connectivity index (χ1) is 9.08. The third-order valence-corrected chi connectivity index (χ3v) is 4.69. The van der Waals surface area contributed by atoms with Crippen LogP contribution in [0.15, 0.2) is 22.7 Å². The lowest BCUT2D eigenvalue weighted by Gasteiger charge is -2.28. The molecule has 0 spiro atoms. The van der Waals surface area contributed by atoms with Gasteiger partial charge in [0.05, 0.1) is 16.0 Å². The van der Waals surface area contributed by atoms with Crippen LogP contribution in [0.25, 0.3) is 0 Å². The second-order valence-corrected chi connectivity index (χ2v) is 5.80. The first-order valence-electron chi connectivity index (χ1n) is 6.36. The zero-order chi connectivity index (χ0) is 13.9. The van der Waals surface area contributed by atoms with Crippen LogP contribution >= 0.6 is 15.9 Å². The van der Waals surface area contributed by atoms with E-state index >= 15 is 0 Å². The molecule has 0 atom stereocenters. The summed E-state index contributed by atoms with van der Waals surface area (Å²) in [6.07, 6.45) is 4.14. The average molecular weight is 329 g/mol. The molecule has 1 aliphatic rings. The molecule has 0 aromatic heterocycles. The van der Waals surface area contributed by atoms with Gasteiger partial charge in [-0.25, -0.2) is 0 Å². The predicted molar refractivity (Wildman–Crippen MR) is 75.9 cm³/mol. The minimum absolute atomic E-state index is 0.0729. The Kier molecular flexibility index (Phi) is 4.54. The molecule has 0 heterocycles. The largest absolute Gasteiger partial charge is 0.394 e. The number of halogens is 1. The number of aliphatic hydroxyl groups is 1. The van der Waals surface area contributed by atoms with Gasteiger partial charge in [0.15, 0.2) is 0 Å². The highest BCUT2D eigenvalue weighted by atomic mass is 79.9. The zero-order valence-corrected chi connectivity index (χ0v) is 12.1. The molecule has 2 N–H and O–H groups in total. The number of hydrogen-bond donors (Lipinski definition) is 2. The molecular formula is C13H17BrN2O3. The third kappa shape index (κ3) is 3.13. The summed E-state index contributed by atoms with van der Waals surface area (Å²) in [5.74, 6) is 0. The van der Waals surface area contributed by atoms with Crippen LogP contribution in [-0.4, -0.2) is 22.2 Å². The molecular weight excluding hydrogens is 312 g/mol. The van der Waals surface area contributed by atoms with Crippen LogP contribution in [0.1, 0.15) is 31.2 Å². The Morgan fingerprint density at radius 1 is 1.42 bits per heavy atom. The predicted octanol–water partition coefficient (Wildman–Crippen LogP) is 2.75. The molecule has 5 nitrogen and oxygen atoms in total. The molecule has 6 heteroatoms. The molecule has 1 saturated carbocycles. The monoisotopic (exact) mass is 328 g/mol. The van der Waals surface area contributed by atoms with Crippen LogP contribution in [-0.2, 0) is 6.54 Å². The fraction of sp³-hybridized carbons (Fsp3) is 0.538. The first kappa shape index (κ1) is 14.4. The van der Waals surface area contributed by atoms with Crippen molar-refractivity contribution >= 4 is 21.6 Å². The van der Waals surface area contributed by atoms with Crippen molar-refractivity contribution in [2.75, 3.05) is 6.61 Å². The Morgan fingerprint density at radius 2 is 2.11 bits per heavy atom. The number of aliphatic hydroxyl groups excluding tert-OH is 1. The number of nitro benzene ring substituents is 1. The number of nitro groups is 1. The highest BCUT2D eigenvalue weighted by molar-refractivity contribution is 9.10. The highest BCUT2D eigenvalue weighted by Crippen LogP contribution is 2.32. The fourth-order valence-corrected chi connectivity index (χ4v) is 3.12. The van der Waals surface area contributed by atoms with Gasteiger partial charge in [0.2, 0.25) is 0 Å². The maximum atomic E-state index is 10.9. The summed E-state index contributed by atoms with van der Waals surface area (Å²) >= 11 is 3.29. The Morgan fingerprint density at radius 3 is 2.68 bits per heavy atom. The molecule has 1 aliphatic carbocycles. The molecule has 0 aliphatic heterocycles. The fourth-order valence-electron chi connectivity index (χ4n) is 2.57. The number of nitrogens with one attached hydrogen (secondary N) is 1. The molecule has 19 heavy (non-hydrogen) atoms. The summed E-state index contributed by atoms with van der Waals surface area (Å²) in [6, 6.07) is 5.01. The van der Waals surface area contributed by atoms with Gasteiger partial charge in [0.1, 0.15) is 0 Å². The Bertz CT molecular complexity index is 473. The molecule has 2 rings (SSSR count). The van der Waals surface area contributed by atoms with E-state index in [0.29, 0.717) is 11.0 Å². The van der Waals surface area contributed by atoms with Crippen LogP contribution in [0.2, 0.25) is 0 Å². The molecule has 0 radical (unpaired) electrons. The van der Waals surface area contributed by atoms with E-state index in [2.05, 4.69) is 21.2 Å². The lowest BCUT2D eigenvalue weighted by Crippen LogP contribution is -2.45. The van der Waals surface area contributed by atoms with Crippen LogP contribution < -0.4 is 5.32 Å². The van der Waals surface area contributed by atoms with E-state index in [4.69, 9.17) is 0 Å². The van der Waals surface area contributed by atoms with Crippen molar-refractivity contribution in [2.45, 2.75) is 37.8 Å². The topological polar surface area (TPSA) is 75.4 Å². The van der Waals surface area contributed by atoms with Crippen molar-refractivity contribution in [1.82, 2.24) is 5.32 Å². The van der Waals surface area contributed by atoms with Crippen molar-refractivity contribution in [2.24, 2.45) is 0 Å². The van der Waals surface area contributed by atoms with E-state index < -0.39 is 4.92 Å². The van der Waals surface area contributed by atoms with E-state index in [1.54, 1.807) is 6.07 Å². The molecule has 1 aromatic carbocycles. The number of rotatable bonds is 5. The van der Waals surface area contributed by atoms with Crippen LogP contribution in [0.4, 0.5) is 5.69 Å². The van der Waals surface area contributed by atoms with E-state index in [1.807, 2.05) is 6.07 Å². The standard InChI is InChI=1S/C13H17BrN2O3/c14-12-10(4-3-5-11(12)16(18)19)8-15-13(9-17)6-1-2-7-13/h3-5,15,17H,1-2,6-9H2. The molecule has 0 bridgehead atoms. The number of benzene rings is 1. The quantitative estimate of drug-likeness (QED) is 0.643. The van der Waals surface area contributed by atoms with E-state index in [1.165, 1.54) is 6.07 Å². The number of nitrogens with zero attached hydrogens (tertiary/aromatic N) is 1. The van der Waals surface area contributed by atoms with Gasteiger partial charge >= 0.3 is 0 Å². The van der Waals surface area contributed by atoms with Gasteiger partial charge in [0.25, 0.3) is 5.69 Å². The van der Waals surface area contributed by atoms with E-state index in [0.717, 1.165) is 31.2 Å². The van der Waals surface area contributed by atoms with Crippen LogP contribution in [0.5, 0.6) is 0 Å². The second kappa shape index (κ2) is 5.98. The SMILES string of the molecule is O=[N+]([O-])c1cccc(CNC2(CO)CCCC2)c1Br. The number of hydrogen-bond acceptors (Lipinski definition) is 4. The highest BCUT2D eigenvalue weighted by Gasteiger charge is 2.32. The van der Waals surface area contributed by atoms with E-state index in [-0.39, 0.29) is 17.8 Å². The van der Waals surface area contributed by atoms with Crippen LogP contribution in [0.3, 0.4) is 0 Å². The molecule has 104 valence electrons. The molecule has 1 fully saturated rings. The molecule has 1 aromatic rings. The Hall–Kier alpha value is -0.980. The normalized spacial score (nSPS) is 17.6. The molecule has 0 unspecified atom stereocenters. The van der Waals surface area contributed by atoms with Crippen molar-refractivity contribution < 1.29 is 10.0 Å². The summed E-state index contributed by atoms with van der Waals surface area (Å²) in [6.45, 7) is 0.627. The van der Waals surface area contributed by atoms with Crippen molar-refractivity contribution in [3.63, 3.8) is 0 Å². The van der Waals surface area contributed by atoms with Crippen LogP contribution in [0, 0.1) is 10.1 Å². The smallest absolute Gasteiger partial charge is 0.283 e. The van der Waals surface area contributed by atoms with E-state index in [9.17, 15) is 15.2 Å². The van der Waals surface area contributed by atoms with Gasteiger partial charge in [-0.1, -0.05) is 25.0 Å². The lowest BCUT2D eigenvalue weighted by molar-refractivity contribution is -0.385.